The monoisotopic (exact) mass is 271 g/mol. The van der Waals surface area contributed by atoms with Crippen LogP contribution in [0.3, 0.4) is 0 Å². The molecule has 0 heterocycles. The minimum absolute atomic E-state index is 0.104. The van der Waals surface area contributed by atoms with Crippen LogP contribution in [-0.2, 0) is 9.57 Å². The highest BCUT2D eigenvalue weighted by Gasteiger charge is 2.05. The van der Waals surface area contributed by atoms with E-state index in [0.29, 0.717) is 24.1 Å². The third-order valence-electron chi connectivity index (χ3n) is 1.97. The second-order valence-electron chi connectivity index (χ2n) is 3.65. The topological polar surface area (TPSA) is 39.7 Å². The zero-order valence-electron chi connectivity index (χ0n) is 10.6. The Balaban J connectivity index is 2.23. The smallest absolute Gasteiger partial charge is 0.203 e. The second-order valence-corrected chi connectivity index (χ2v) is 4.09. The van der Waals surface area contributed by atoms with E-state index in [2.05, 4.69) is 12.1 Å². The lowest BCUT2D eigenvalue weighted by atomic mass is 10.3. The highest BCUT2D eigenvalue weighted by molar-refractivity contribution is 6.30. The average Bonchev–Trinajstić information content (AvgIpc) is 2.32. The fraction of sp³-hybridized carbons (Fsp3) is 0.385. The van der Waals surface area contributed by atoms with Gasteiger partial charge >= 0.3 is 0 Å². The van der Waals surface area contributed by atoms with Crippen LogP contribution in [0.1, 0.15) is 13.8 Å². The number of rotatable bonds is 8. The lowest BCUT2D eigenvalue weighted by molar-refractivity contribution is -0.0182. The molecule has 0 aliphatic carbocycles. The van der Waals surface area contributed by atoms with Gasteiger partial charge in [0, 0.05) is 5.02 Å². The van der Waals surface area contributed by atoms with Crippen LogP contribution in [0.2, 0.25) is 5.02 Å². The van der Waals surface area contributed by atoms with Crippen LogP contribution >= 0.6 is 11.6 Å². The summed E-state index contributed by atoms with van der Waals surface area (Å²) in [7, 11) is 0. The van der Waals surface area contributed by atoms with E-state index in [9.17, 15) is 0 Å². The Morgan fingerprint density at radius 1 is 1.39 bits per heavy atom. The Hall–Kier alpha value is -1.39. The van der Waals surface area contributed by atoms with Gasteiger partial charge in [-0.25, -0.2) is 5.48 Å². The van der Waals surface area contributed by atoms with E-state index in [1.807, 2.05) is 26.0 Å². The van der Waals surface area contributed by atoms with Crippen molar-refractivity contribution in [3.63, 3.8) is 0 Å². The molecule has 1 atom stereocenters. The van der Waals surface area contributed by atoms with Crippen LogP contribution in [0.25, 0.3) is 0 Å². The van der Waals surface area contributed by atoms with Crippen molar-refractivity contribution >= 4 is 11.6 Å². The van der Waals surface area contributed by atoms with Crippen molar-refractivity contribution in [2.24, 2.45) is 0 Å². The molecule has 0 saturated heterocycles. The molecular formula is C13H18ClNO3. The molecule has 0 aliphatic heterocycles. The Labute approximate surface area is 112 Å². The van der Waals surface area contributed by atoms with Crippen LogP contribution in [-0.4, -0.2) is 19.3 Å². The molecule has 0 fully saturated rings. The third kappa shape index (κ3) is 5.80. The lowest BCUT2D eigenvalue weighted by Gasteiger charge is -2.16. The van der Waals surface area contributed by atoms with Gasteiger partial charge in [-0.2, -0.15) is 0 Å². The molecule has 1 unspecified atom stereocenters. The van der Waals surface area contributed by atoms with Crippen molar-refractivity contribution in [2.45, 2.75) is 20.0 Å². The molecule has 1 aromatic rings. The van der Waals surface area contributed by atoms with Crippen molar-refractivity contribution in [3.8, 4) is 5.75 Å². The molecule has 0 amide bonds. The minimum Gasteiger partial charge on any atom is -0.488 e. The normalized spacial score (nSPS) is 11.7. The van der Waals surface area contributed by atoms with E-state index >= 15 is 0 Å². The van der Waals surface area contributed by atoms with Crippen molar-refractivity contribution in [1.82, 2.24) is 5.48 Å². The van der Waals surface area contributed by atoms with Gasteiger partial charge in [-0.3, -0.25) is 4.84 Å². The van der Waals surface area contributed by atoms with Gasteiger partial charge in [0.15, 0.2) is 0 Å². The summed E-state index contributed by atoms with van der Waals surface area (Å²) in [6.45, 7) is 8.32. The molecule has 100 valence electrons. The van der Waals surface area contributed by atoms with E-state index in [1.54, 1.807) is 12.1 Å². The summed E-state index contributed by atoms with van der Waals surface area (Å²) < 4.78 is 10.7. The molecular weight excluding hydrogens is 254 g/mol. The van der Waals surface area contributed by atoms with Gasteiger partial charge in [0.2, 0.25) is 5.88 Å². The van der Waals surface area contributed by atoms with Gasteiger partial charge in [0.1, 0.15) is 18.5 Å². The van der Waals surface area contributed by atoms with Gasteiger partial charge in [-0.05, 0) is 44.7 Å². The van der Waals surface area contributed by atoms with Crippen LogP contribution in [0.15, 0.2) is 36.7 Å². The number of hydrogen-bond donors (Lipinski definition) is 1. The summed E-state index contributed by atoms with van der Waals surface area (Å²) >= 11 is 5.78. The predicted octanol–water partition coefficient (Wildman–Crippen LogP) is 3.14. The number of ether oxygens (including phenoxy) is 2. The van der Waals surface area contributed by atoms with Crippen molar-refractivity contribution in [1.29, 1.82) is 0 Å². The molecule has 1 aromatic carbocycles. The molecule has 4 nitrogen and oxygen atoms in total. The zero-order chi connectivity index (χ0) is 13.4. The van der Waals surface area contributed by atoms with Crippen LogP contribution in [0, 0.1) is 0 Å². The first-order chi connectivity index (χ1) is 8.61. The highest BCUT2D eigenvalue weighted by Crippen LogP contribution is 2.16. The van der Waals surface area contributed by atoms with Crippen LogP contribution in [0.5, 0.6) is 5.75 Å². The van der Waals surface area contributed by atoms with Crippen LogP contribution < -0.4 is 10.2 Å². The van der Waals surface area contributed by atoms with E-state index in [-0.39, 0.29) is 6.10 Å². The summed E-state index contributed by atoms with van der Waals surface area (Å²) in [6, 6.07) is 7.18. The molecule has 0 aliphatic rings. The lowest BCUT2D eigenvalue weighted by Crippen LogP contribution is -2.25. The third-order valence-corrected chi connectivity index (χ3v) is 2.23. The second kappa shape index (κ2) is 7.84. The number of nitrogens with one attached hydrogen (secondary N) is 1. The maximum Gasteiger partial charge on any atom is 0.203 e. The molecule has 1 N–H and O–H groups in total. The number of benzene rings is 1. The molecule has 0 spiro atoms. The van der Waals surface area contributed by atoms with Crippen molar-refractivity contribution < 1.29 is 14.3 Å². The Kier molecular flexibility index (Phi) is 6.39. The zero-order valence-corrected chi connectivity index (χ0v) is 11.4. The summed E-state index contributed by atoms with van der Waals surface area (Å²) in [5, 5.41) is 0.681. The summed E-state index contributed by atoms with van der Waals surface area (Å²) in [5.41, 5.74) is 2.59. The Morgan fingerprint density at radius 3 is 2.67 bits per heavy atom. The quantitative estimate of drug-likeness (QED) is 0.582. The van der Waals surface area contributed by atoms with Gasteiger partial charge in [-0.15, -0.1) is 0 Å². The van der Waals surface area contributed by atoms with Gasteiger partial charge in [-0.1, -0.05) is 11.6 Å². The first-order valence-electron chi connectivity index (χ1n) is 5.73. The molecule has 18 heavy (non-hydrogen) atoms. The highest BCUT2D eigenvalue weighted by atomic mass is 35.5. The molecule has 0 aromatic heterocycles. The largest absolute Gasteiger partial charge is 0.488 e. The summed E-state index contributed by atoms with van der Waals surface area (Å²) in [5.74, 6) is 1.13. The average molecular weight is 272 g/mol. The van der Waals surface area contributed by atoms with Crippen LogP contribution in [0.4, 0.5) is 0 Å². The van der Waals surface area contributed by atoms with Crippen molar-refractivity contribution in [3.05, 3.63) is 41.8 Å². The Morgan fingerprint density at radius 2 is 2.06 bits per heavy atom. The predicted molar refractivity (Wildman–Crippen MR) is 71.4 cm³/mol. The summed E-state index contributed by atoms with van der Waals surface area (Å²) in [6.07, 6.45) is -0.104. The summed E-state index contributed by atoms with van der Waals surface area (Å²) in [4.78, 5) is 5.18. The molecule has 1 rings (SSSR count). The maximum absolute atomic E-state index is 5.78. The SMILES string of the molecule is C=C(NOCC(C)Oc1ccc(Cl)cc1)OCC. The molecule has 0 bridgehead atoms. The first kappa shape index (κ1) is 14.7. The van der Waals surface area contributed by atoms with Gasteiger partial charge < -0.3 is 9.47 Å². The van der Waals surface area contributed by atoms with E-state index in [4.69, 9.17) is 25.9 Å². The van der Waals surface area contributed by atoms with Crippen molar-refractivity contribution in [2.75, 3.05) is 13.2 Å². The number of hydrogen-bond acceptors (Lipinski definition) is 4. The van der Waals surface area contributed by atoms with Gasteiger partial charge in [0.25, 0.3) is 0 Å². The van der Waals surface area contributed by atoms with Gasteiger partial charge in [0.05, 0.1) is 6.61 Å². The van der Waals surface area contributed by atoms with E-state index < -0.39 is 0 Å². The Bertz CT molecular complexity index is 367. The molecule has 0 radical (unpaired) electrons. The number of hydroxylamine groups is 1. The minimum atomic E-state index is -0.104. The number of halogens is 1. The fourth-order valence-electron chi connectivity index (χ4n) is 1.22. The standard InChI is InChI=1S/C13H18ClNO3/c1-4-16-11(3)15-17-9-10(2)18-13-7-5-12(14)6-8-13/h5-8,10,15H,3-4,9H2,1-2H3. The van der Waals surface area contributed by atoms with E-state index in [0.717, 1.165) is 5.75 Å². The fourth-order valence-corrected chi connectivity index (χ4v) is 1.35. The molecule has 0 saturated carbocycles. The molecule has 5 heteroatoms. The van der Waals surface area contributed by atoms with E-state index in [1.165, 1.54) is 0 Å². The maximum atomic E-state index is 5.78. The first-order valence-corrected chi connectivity index (χ1v) is 6.11.